The summed E-state index contributed by atoms with van der Waals surface area (Å²) in [6.07, 6.45) is 0. The van der Waals surface area contributed by atoms with Crippen molar-refractivity contribution in [2.24, 2.45) is 5.10 Å². The third kappa shape index (κ3) is 4.04. The molecule has 2 aromatic rings. The van der Waals surface area contributed by atoms with Crippen LogP contribution in [0.5, 0.6) is 11.5 Å². The normalized spacial score (nSPS) is 14.1. The van der Waals surface area contributed by atoms with Crippen LogP contribution < -0.4 is 14.9 Å². The van der Waals surface area contributed by atoms with Crippen LogP contribution in [-0.4, -0.2) is 24.8 Å². The fraction of sp³-hybridized carbons (Fsp3) is 0.333. The van der Waals surface area contributed by atoms with Crippen LogP contribution in [-0.2, 0) is 5.41 Å². The van der Waals surface area contributed by atoms with E-state index in [2.05, 4.69) is 31.3 Å². The molecule has 1 N–H and O–H groups in total. The molecule has 0 saturated heterocycles. The van der Waals surface area contributed by atoms with Crippen LogP contribution in [0.2, 0.25) is 0 Å². The SMILES string of the molecule is C/C(=N/NC(=O)c1ccc(C(C)(C)C)cc1)c1ccc2c(c1)OCCO2. The van der Waals surface area contributed by atoms with E-state index in [0.717, 1.165) is 11.3 Å². The summed E-state index contributed by atoms with van der Waals surface area (Å²) >= 11 is 0. The van der Waals surface area contributed by atoms with Gasteiger partial charge >= 0.3 is 0 Å². The molecule has 0 fully saturated rings. The van der Waals surface area contributed by atoms with Gasteiger partial charge in [-0.2, -0.15) is 5.10 Å². The molecule has 0 aromatic heterocycles. The van der Waals surface area contributed by atoms with Crippen LogP contribution in [0.15, 0.2) is 47.6 Å². The molecule has 1 amide bonds. The molecular weight excluding hydrogens is 328 g/mol. The predicted octanol–water partition coefficient (Wildman–Crippen LogP) is 3.91. The van der Waals surface area contributed by atoms with Gasteiger partial charge in [-0.1, -0.05) is 32.9 Å². The second-order valence-corrected chi connectivity index (χ2v) is 7.32. The van der Waals surface area contributed by atoms with Gasteiger partial charge in [0.05, 0.1) is 5.71 Å². The van der Waals surface area contributed by atoms with Crippen molar-refractivity contribution in [3.05, 3.63) is 59.2 Å². The number of hydrogen-bond donors (Lipinski definition) is 1. The molecule has 26 heavy (non-hydrogen) atoms. The number of nitrogens with zero attached hydrogens (tertiary/aromatic N) is 1. The highest BCUT2D eigenvalue weighted by molar-refractivity contribution is 6.01. The third-order valence-electron chi connectivity index (χ3n) is 4.30. The minimum atomic E-state index is -0.234. The van der Waals surface area contributed by atoms with Crippen molar-refractivity contribution >= 4 is 11.6 Å². The highest BCUT2D eigenvalue weighted by Gasteiger charge is 2.15. The number of fused-ring (bicyclic) bond motifs is 1. The third-order valence-corrected chi connectivity index (χ3v) is 4.30. The average molecular weight is 352 g/mol. The number of rotatable bonds is 3. The van der Waals surface area contributed by atoms with E-state index in [0.29, 0.717) is 30.2 Å². The van der Waals surface area contributed by atoms with Crippen molar-refractivity contribution in [2.45, 2.75) is 33.1 Å². The summed E-state index contributed by atoms with van der Waals surface area (Å²) in [6, 6.07) is 13.2. The molecule has 0 unspecified atom stereocenters. The topological polar surface area (TPSA) is 59.9 Å². The number of amides is 1. The highest BCUT2D eigenvalue weighted by atomic mass is 16.6. The minimum Gasteiger partial charge on any atom is -0.486 e. The lowest BCUT2D eigenvalue weighted by Gasteiger charge is -2.19. The molecule has 5 heteroatoms. The molecule has 5 nitrogen and oxygen atoms in total. The maximum absolute atomic E-state index is 12.3. The summed E-state index contributed by atoms with van der Waals surface area (Å²) in [5.41, 5.74) is 6.00. The van der Waals surface area contributed by atoms with Crippen LogP contribution in [0.1, 0.15) is 49.2 Å². The zero-order valence-corrected chi connectivity index (χ0v) is 15.6. The monoisotopic (exact) mass is 352 g/mol. The van der Waals surface area contributed by atoms with Gasteiger partial charge in [-0.15, -0.1) is 0 Å². The summed E-state index contributed by atoms with van der Waals surface area (Å²) in [7, 11) is 0. The van der Waals surface area contributed by atoms with E-state index in [1.54, 1.807) is 0 Å². The molecule has 0 bridgehead atoms. The van der Waals surface area contributed by atoms with Crippen molar-refractivity contribution in [3.63, 3.8) is 0 Å². The molecule has 0 atom stereocenters. The number of hydrogen-bond acceptors (Lipinski definition) is 4. The number of hydrazone groups is 1. The van der Waals surface area contributed by atoms with E-state index in [9.17, 15) is 4.79 Å². The van der Waals surface area contributed by atoms with Gasteiger partial charge in [-0.3, -0.25) is 4.79 Å². The van der Waals surface area contributed by atoms with E-state index in [4.69, 9.17) is 9.47 Å². The molecular formula is C21H24N2O3. The van der Waals surface area contributed by atoms with Crippen molar-refractivity contribution in [2.75, 3.05) is 13.2 Å². The Labute approximate surface area is 154 Å². The Morgan fingerprint density at radius 1 is 0.962 bits per heavy atom. The van der Waals surface area contributed by atoms with Gasteiger partial charge < -0.3 is 9.47 Å². The number of benzene rings is 2. The lowest BCUT2D eigenvalue weighted by Crippen LogP contribution is -2.20. The van der Waals surface area contributed by atoms with Crippen molar-refractivity contribution in [1.82, 2.24) is 5.43 Å². The maximum Gasteiger partial charge on any atom is 0.271 e. The smallest absolute Gasteiger partial charge is 0.271 e. The molecule has 0 saturated carbocycles. The lowest BCUT2D eigenvalue weighted by molar-refractivity contribution is 0.0955. The Hall–Kier alpha value is -2.82. The largest absolute Gasteiger partial charge is 0.486 e. The van der Waals surface area contributed by atoms with Gasteiger partial charge in [0.2, 0.25) is 0 Å². The molecule has 2 aromatic carbocycles. The summed E-state index contributed by atoms with van der Waals surface area (Å²) in [5.74, 6) is 1.20. The Bertz CT molecular complexity index is 833. The molecule has 1 aliphatic heterocycles. The number of nitrogens with one attached hydrogen (secondary N) is 1. The minimum absolute atomic E-state index is 0.0575. The quantitative estimate of drug-likeness (QED) is 0.673. The second kappa shape index (κ2) is 7.20. The first-order valence-electron chi connectivity index (χ1n) is 8.70. The molecule has 0 spiro atoms. The van der Waals surface area contributed by atoms with Crippen LogP contribution in [0, 0.1) is 0 Å². The highest BCUT2D eigenvalue weighted by Crippen LogP contribution is 2.30. The average Bonchev–Trinajstić information content (AvgIpc) is 2.64. The molecule has 3 rings (SSSR count). The maximum atomic E-state index is 12.3. The first-order chi connectivity index (χ1) is 12.3. The molecule has 1 aliphatic rings. The zero-order chi connectivity index (χ0) is 18.7. The van der Waals surface area contributed by atoms with E-state index in [-0.39, 0.29) is 11.3 Å². The Morgan fingerprint density at radius 2 is 1.58 bits per heavy atom. The molecule has 136 valence electrons. The summed E-state index contributed by atoms with van der Waals surface area (Å²) in [4.78, 5) is 12.3. The van der Waals surface area contributed by atoms with E-state index >= 15 is 0 Å². The first-order valence-corrected chi connectivity index (χ1v) is 8.70. The van der Waals surface area contributed by atoms with Crippen molar-refractivity contribution in [1.29, 1.82) is 0 Å². The van der Waals surface area contributed by atoms with Crippen LogP contribution in [0.25, 0.3) is 0 Å². The summed E-state index contributed by atoms with van der Waals surface area (Å²) < 4.78 is 11.1. The summed E-state index contributed by atoms with van der Waals surface area (Å²) in [5, 5.41) is 4.21. The number of carbonyl (C=O) groups excluding carboxylic acids is 1. The second-order valence-electron chi connectivity index (χ2n) is 7.32. The first kappa shape index (κ1) is 18.0. The van der Waals surface area contributed by atoms with Gasteiger partial charge in [-0.25, -0.2) is 5.43 Å². The fourth-order valence-corrected chi connectivity index (χ4v) is 2.65. The van der Waals surface area contributed by atoms with E-state index < -0.39 is 0 Å². The molecule has 0 aliphatic carbocycles. The van der Waals surface area contributed by atoms with Crippen molar-refractivity contribution in [3.8, 4) is 11.5 Å². The van der Waals surface area contributed by atoms with Gasteiger partial charge in [0.1, 0.15) is 13.2 Å². The molecule has 1 heterocycles. The van der Waals surface area contributed by atoms with E-state index in [1.165, 1.54) is 5.56 Å². The van der Waals surface area contributed by atoms with Gasteiger partial charge in [0.25, 0.3) is 5.91 Å². The molecule has 0 radical (unpaired) electrons. The van der Waals surface area contributed by atoms with Crippen LogP contribution in [0.4, 0.5) is 0 Å². The summed E-state index contributed by atoms with van der Waals surface area (Å²) in [6.45, 7) is 9.36. The van der Waals surface area contributed by atoms with Crippen molar-refractivity contribution < 1.29 is 14.3 Å². The van der Waals surface area contributed by atoms with E-state index in [1.807, 2.05) is 49.4 Å². The Balaban J connectivity index is 1.69. The van der Waals surface area contributed by atoms with Gasteiger partial charge in [-0.05, 0) is 48.2 Å². The zero-order valence-electron chi connectivity index (χ0n) is 15.6. The van der Waals surface area contributed by atoms with Crippen LogP contribution >= 0.6 is 0 Å². The lowest BCUT2D eigenvalue weighted by atomic mass is 9.87. The van der Waals surface area contributed by atoms with Gasteiger partial charge in [0, 0.05) is 11.1 Å². The fourth-order valence-electron chi connectivity index (χ4n) is 2.65. The van der Waals surface area contributed by atoms with Crippen LogP contribution in [0.3, 0.4) is 0 Å². The predicted molar refractivity (Wildman–Crippen MR) is 102 cm³/mol. The Morgan fingerprint density at radius 3 is 2.23 bits per heavy atom. The standard InChI is InChI=1S/C21H24N2O3/c1-14(16-7-10-18-19(13-16)26-12-11-25-18)22-23-20(24)15-5-8-17(9-6-15)21(2,3)4/h5-10,13H,11-12H2,1-4H3,(H,23,24)/b22-14-. The number of ether oxygens (including phenoxy) is 2. The van der Waals surface area contributed by atoms with Gasteiger partial charge in [0.15, 0.2) is 11.5 Å². The Kier molecular flexibility index (Phi) is 4.98. The number of carbonyl (C=O) groups is 1.